The normalized spacial score (nSPS) is 15.6. The molecule has 1 saturated heterocycles. The molecule has 1 aliphatic heterocycles. The molecule has 9 heteroatoms. The number of amides is 3. The van der Waals surface area contributed by atoms with Crippen molar-refractivity contribution in [1.29, 1.82) is 0 Å². The number of aryl methyl sites for hydroxylation is 1. The fraction of sp³-hybridized carbons (Fsp3) is 0.238. The van der Waals surface area contributed by atoms with E-state index in [9.17, 15) is 19.2 Å². The van der Waals surface area contributed by atoms with Gasteiger partial charge < -0.3 is 9.64 Å². The zero-order valence-electron chi connectivity index (χ0n) is 16.2. The third-order valence-electron chi connectivity index (χ3n) is 4.55. The molecule has 2 aromatic carbocycles. The molecule has 8 nitrogen and oxygen atoms in total. The fourth-order valence-electron chi connectivity index (χ4n) is 3.04. The van der Waals surface area contributed by atoms with Gasteiger partial charge in [-0.2, -0.15) is 0 Å². The Morgan fingerprint density at radius 3 is 2.63 bits per heavy atom. The van der Waals surface area contributed by atoms with Crippen molar-refractivity contribution in [1.82, 2.24) is 10.9 Å². The summed E-state index contributed by atoms with van der Waals surface area (Å²) >= 11 is 5.91. The molecule has 3 amide bonds. The lowest BCUT2D eigenvalue weighted by Gasteiger charge is -2.17. The first-order chi connectivity index (χ1) is 14.3. The standard InChI is InChI=1S/C21H20ClN3O5/c1-13-5-4-6-15(9-13)25-11-14(10-19(25)27)21(29)30-12-18(26)23-24-20(28)16-7-2-3-8-17(16)22/h2-9,14H,10-12H2,1H3,(H,23,26)(H,24,28)/t14-/m1/s1. The van der Waals surface area contributed by atoms with E-state index >= 15 is 0 Å². The minimum Gasteiger partial charge on any atom is -0.455 e. The van der Waals surface area contributed by atoms with E-state index in [0.717, 1.165) is 11.3 Å². The molecule has 0 saturated carbocycles. The quantitative estimate of drug-likeness (QED) is 0.558. The van der Waals surface area contributed by atoms with Crippen molar-refractivity contribution >= 4 is 41.0 Å². The van der Waals surface area contributed by atoms with E-state index in [4.69, 9.17) is 16.3 Å². The molecule has 0 unspecified atom stereocenters. The van der Waals surface area contributed by atoms with E-state index in [-0.39, 0.29) is 29.5 Å². The lowest BCUT2D eigenvalue weighted by Crippen LogP contribution is -2.44. The molecule has 1 aliphatic rings. The molecule has 0 aliphatic carbocycles. The van der Waals surface area contributed by atoms with Crippen LogP contribution in [0, 0.1) is 12.8 Å². The number of ether oxygens (including phenoxy) is 1. The summed E-state index contributed by atoms with van der Waals surface area (Å²) in [6, 6.07) is 13.8. The number of halogens is 1. The van der Waals surface area contributed by atoms with Gasteiger partial charge in [0.15, 0.2) is 6.61 Å². The van der Waals surface area contributed by atoms with Crippen molar-refractivity contribution in [3.05, 3.63) is 64.7 Å². The van der Waals surface area contributed by atoms with Crippen molar-refractivity contribution in [3.8, 4) is 0 Å². The fourth-order valence-corrected chi connectivity index (χ4v) is 3.26. The Morgan fingerprint density at radius 2 is 1.90 bits per heavy atom. The molecule has 156 valence electrons. The highest BCUT2D eigenvalue weighted by Gasteiger charge is 2.36. The van der Waals surface area contributed by atoms with Crippen LogP contribution in [0.25, 0.3) is 0 Å². The number of benzene rings is 2. The van der Waals surface area contributed by atoms with Gasteiger partial charge in [0.1, 0.15) is 0 Å². The SMILES string of the molecule is Cc1cccc(N2C[C@H](C(=O)OCC(=O)NNC(=O)c3ccccc3Cl)CC2=O)c1. The summed E-state index contributed by atoms with van der Waals surface area (Å²) in [5.41, 5.74) is 6.26. The Hall–Kier alpha value is -3.39. The van der Waals surface area contributed by atoms with Crippen LogP contribution in [0.4, 0.5) is 5.69 Å². The van der Waals surface area contributed by atoms with Crippen molar-refractivity contribution in [3.63, 3.8) is 0 Å². The first-order valence-electron chi connectivity index (χ1n) is 9.22. The minimum atomic E-state index is -0.719. The predicted octanol–water partition coefficient (Wildman–Crippen LogP) is 2.01. The van der Waals surface area contributed by atoms with Crippen molar-refractivity contribution in [2.75, 3.05) is 18.1 Å². The first-order valence-corrected chi connectivity index (χ1v) is 9.60. The maximum atomic E-state index is 12.3. The van der Waals surface area contributed by atoms with Gasteiger partial charge in [-0.1, -0.05) is 35.9 Å². The number of nitrogens with zero attached hydrogens (tertiary/aromatic N) is 1. The van der Waals surface area contributed by atoms with Crippen molar-refractivity contribution in [2.24, 2.45) is 5.92 Å². The molecule has 1 heterocycles. The van der Waals surface area contributed by atoms with Gasteiger partial charge in [-0.15, -0.1) is 0 Å². The predicted molar refractivity (Wildman–Crippen MR) is 110 cm³/mol. The number of nitrogens with one attached hydrogen (secondary N) is 2. The second-order valence-electron chi connectivity index (χ2n) is 6.83. The largest absolute Gasteiger partial charge is 0.455 e. The number of hydrazine groups is 1. The average molecular weight is 430 g/mol. The molecule has 3 rings (SSSR count). The van der Waals surface area contributed by atoms with E-state index in [1.54, 1.807) is 24.3 Å². The van der Waals surface area contributed by atoms with Crippen LogP contribution in [-0.4, -0.2) is 36.8 Å². The summed E-state index contributed by atoms with van der Waals surface area (Å²) in [5, 5.41) is 0.236. The summed E-state index contributed by atoms with van der Waals surface area (Å²) in [4.78, 5) is 49.9. The number of rotatable bonds is 5. The molecule has 0 radical (unpaired) electrons. The van der Waals surface area contributed by atoms with Crippen molar-refractivity contribution in [2.45, 2.75) is 13.3 Å². The van der Waals surface area contributed by atoms with Gasteiger partial charge in [-0.3, -0.25) is 30.0 Å². The third-order valence-corrected chi connectivity index (χ3v) is 4.88. The molecule has 2 N–H and O–H groups in total. The molecule has 1 fully saturated rings. The van der Waals surface area contributed by atoms with E-state index in [1.807, 2.05) is 25.1 Å². The van der Waals surface area contributed by atoms with E-state index in [2.05, 4.69) is 10.9 Å². The lowest BCUT2D eigenvalue weighted by atomic mass is 10.1. The number of carbonyl (C=O) groups is 4. The lowest BCUT2D eigenvalue weighted by molar-refractivity contribution is -0.152. The summed E-state index contributed by atoms with van der Waals surface area (Å²) in [6.07, 6.45) is 0.0115. The van der Waals surface area contributed by atoms with Crippen LogP contribution in [-0.2, 0) is 19.1 Å². The number of carbonyl (C=O) groups excluding carboxylic acids is 4. The second kappa shape index (κ2) is 9.41. The summed E-state index contributed by atoms with van der Waals surface area (Å²) < 4.78 is 5.00. The van der Waals surface area contributed by atoms with Crippen LogP contribution < -0.4 is 15.8 Å². The van der Waals surface area contributed by atoms with Crippen LogP contribution >= 0.6 is 11.6 Å². The maximum absolute atomic E-state index is 12.3. The highest BCUT2D eigenvalue weighted by atomic mass is 35.5. The zero-order chi connectivity index (χ0) is 21.7. The number of hydrogen-bond acceptors (Lipinski definition) is 5. The highest BCUT2D eigenvalue weighted by Crippen LogP contribution is 2.26. The molecule has 1 atom stereocenters. The summed E-state index contributed by atoms with van der Waals surface area (Å²) in [7, 11) is 0. The van der Waals surface area contributed by atoms with Crippen LogP contribution in [0.5, 0.6) is 0 Å². The summed E-state index contributed by atoms with van der Waals surface area (Å²) in [6.45, 7) is 1.52. The Labute approximate surface area is 178 Å². The Kier molecular flexibility index (Phi) is 6.68. The average Bonchev–Trinajstić information content (AvgIpc) is 3.12. The second-order valence-corrected chi connectivity index (χ2v) is 7.24. The zero-order valence-corrected chi connectivity index (χ0v) is 16.9. The van der Waals surface area contributed by atoms with Crippen LogP contribution in [0.3, 0.4) is 0 Å². The Bertz CT molecular complexity index is 994. The molecule has 0 bridgehead atoms. The van der Waals surface area contributed by atoms with E-state index in [1.165, 1.54) is 11.0 Å². The van der Waals surface area contributed by atoms with Gasteiger partial charge in [-0.25, -0.2) is 0 Å². The topological polar surface area (TPSA) is 105 Å². The Morgan fingerprint density at radius 1 is 1.13 bits per heavy atom. The van der Waals surface area contributed by atoms with Gasteiger partial charge in [0.05, 0.1) is 16.5 Å². The van der Waals surface area contributed by atoms with Crippen LogP contribution in [0.15, 0.2) is 48.5 Å². The molecule has 2 aromatic rings. The van der Waals surface area contributed by atoms with Gasteiger partial charge in [0.2, 0.25) is 5.91 Å². The van der Waals surface area contributed by atoms with Crippen LogP contribution in [0.2, 0.25) is 5.02 Å². The molecule has 0 aromatic heterocycles. The van der Waals surface area contributed by atoms with Gasteiger partial charge in [0.25, 0.3) is 11.8 Å². The molecular weight excluding hydrogens is 410 g/mol. The number of esters is 1. The molecule has 0 spiro atoms. The van der Waals surface area contributed by atoms with Crippen LogP contribution in [0.1, 0.15) is 22.3 Å². The number of anilines is 1. The monoisotopic (exact) mass is 429 g/mol. The third kappa shape index (κ3) is 5.15. The van der Waals surface area contributed by atoms with Gasteiger partial charge >= 0.3 is 5.97 Å². The van der Waals surface area contributed by atoms with Gasteiger partial charge in [0, 0.05) is 18.7 Å². The van der Waals surface area contributed by atoms with Gasteiger partial charge in [-0.05, 0) is 36.8 Å². The van der Waals surface area contributed by atoms with Crippen molar-refractivity contribution < 1.29 is 23.9 Å². The number of hydrogen-bond donors (Lipinski definition) is 2. The highest BCUT2D eigenvalue weighted by molar-refractivity contribution is 6.33. The molecular formula is C21H20ClN3O5. The van der Waals surface area contributed by atoms with E-state index < -0.39 is 30.3 Å². The van der Waals surface area contributed by atoms with E-state index in [0.29, 0.717) is 0 Å². The first kappa shape index (κ1) is 21.3. The Balaban J connectivity index is 1.46. The maximum Gasteiger partial charge on any atom is 0.311 e. The minimum absolute atomic E-state index is 0.0115. The molecule has 30 heavy (non-hydrogen) atoms. The smallest absolute Gasteiger partial charge is 0.311 e. The summed E-state index contributed by atoms with van der Waals surface area (Å²) in [5.74, 6) is -2.81.